The summed E-state index contributed by atoms with van der Waals surface area (Å²) in [6.45, 7) is 1.87. The van der Waals surface area contributed by atoms with Crippen LogP contribution in [0.1, 0.15) is 43.0 Å². The van der Waals surface area contributed by atoms with Crippen molar-refractivity contribution >= 4 is 23.2 Å². The minimum atomic E-state index is -0.207. The van der Waals surface area contributed by atoms with E-state index in [0.29, 0.717) is 23.7 Å². The minimum Gasteiger partial charge on any atom is -0.361 e. The van der Waals surface area contributed by atoms with Gasteiger partial charge in [0.2, 0.25) is 5.91 Å². The van der Waals surface area contributed by atoms with E-state index in [0.717, 1.165) is 24.2 Å². The van der Waals surface area contributed by atoms with Crippen molar-refractivity contribution in [3.63, 3.8) is 0 Å². The van der Waals surface area contributed by atoms with E-state index in [-0.39, 0.29) is 17.9 Å². The summed E-state index contributed by atoms with van der Waals surface area (Å²) in [5.74, 6) is -0.00694. The Hall–Kier alpha value is -2.08. The van der Waals surface area contributed by atoms with E-state index in [1.54, 1.807) is 0 Å². The van der Waals surface area contributed by atoms with Crippen LogP contribution in [0.5, 0.6) is 0 Å². The maximum atomic E-state index is 13.0. The molecule has 2 N–H and O–H groups in total. The molecule has 134 valence electrons. The van der Waals surface area contributed by atoms with Gasteiger partial charge in [-0.2, -0.15) is 0 Å². The normalized spacial score (nSPS) is 30.7. The van der Waals surface area contributed by atoms with Crippen molar-refractivity contribution < 1.29 is 9.59 Å². The molecule has 0 spiro atoms. The predicted octanol–water partition coefficient (Wildman–Crippen LogP) is 1.82. The van der Waals surface area contributed by atoms with Crippen LogP contribution in [0, 0.1) is 0 Å². The van der Waals surface area contributed by atoms with E-state index in [1.165, 1.54) is 12.8 Å². The van der Waals surface area contributed by atoms with Gasteiger partial charge in [-0.1, -0.05) is 0 Å². The van der Waals surface area contributed by atoms with Gasteiger partial charge in [-0.15, -0.1) is 0 Å². The quantitative estimate of drug-likeness (QED) is 0.860. The Morgan fingerprint density at radius 1 is 1.24 bits per heavy atom. The summed E-state index contributed by atoms with van der Waals surface area (Å²) in [4.78, 5) is 28.9. The van der Waals surface area contributed by atoms with Crippen molar-refractivity contribution in [3.05, 3.63) is 23.8 Å². The molecule has 2 bridgehead atoms. The second kappa shape index (κ2) is 6.02. The van der Waals surface area contributed by atoms with Crippen LogP contribution in [0.15, 0.2) is 18.2 Å². The minimum absolute atomic E-state index is 0.0321. The highest BCUT2D eigenvalue weighted by atomic mass is 16.2. The first-order chi connectivity index (χ1) is 11.9. The lowest BCUT2D eigenvalue weighted by Gasteiger charge is -2.36. The second-order valence-corrected chi connectivity index (χ2v) is 7.69. The average molecular weight is 342 g/mol. The molecule has 1 aromatic rings. The lowest BCUT2D eigenvalue weighted by atomic mass is 9.97. The van der Waals surface area contributed by atoms with Crippen molar-refractivity contribution in [1.82, 2.24) is 10.2 Å². The van der Waals surface area contributed by atoms with E-state index >= 15 is 0 Å². The topological polar surface area (TPSA) is 64.7 Å². The molecule has 6 heteroatoms. The number of piperidine rings is 1. The molecular formula is C19H26N4O2. The van der Waals surface area contributed by atoms with Crippen LogP contribution in [0.25, 0.3) is 0 Å². The van der Waals surface area contributed by atoms with E-state index in [1.807, 2.05) is 49.0 Å². The van der Waals surface area contributed by atoms with Gasteiger partial charge >= 0.3 is 0 Å². The highest BCUT2D eigenvalue weighted by Gasteiger charge is 2.36. The van der Waals surface area contributed by atoms with Crippen LogP contribution in [-0.2, 0) is 4.79 Å². The van der Waals surface area contributed by atoms with Crippen LogP contribution in [0.4, 0.5) is 11.4 Å². The molecule has 0 radical (unpaired) electrons. The number of carbonyl (C=O) groups excluding carboxylic acids is 2. The van der Waals surface area contributed by atoms with Gasteiger partial charge in [0.1, 0.15) is 6.04 Å². The maximum Gasteiger partial charge on any atom is 0.253 e. The number of likely N-dealkylation sites (N-methyl/N-ethyl adjacent to an activating group) is 1. The molecule has 1 aromatic carbocycles. The Morgan fingerprint density at radius 3 is 2.60 bits per heavy atom. The molecule has 3 unspecified atom stereocenters. The number of fused-ring (bicyclic) bond motifs is 3. The largest absolute Gasteiger partial charge is 0.361 e. The Kier molecular flexibility index (Phi) is 3.95. The third kappa shape index (κ3) is 2.78. The van der Waals surface area contributed by atoms with Gasteiger partial charge in [0.15, 0.2) is 0 Å². The number of carbonyl (C=O) groups is 2. The van der Waals surface area contributed by atoms with Gasteiger partial charge in [0.05, 0.1) is 11.4 Å². The molecule has 0 saturated carbocycles. The molecule has 2 amide bonds. The summed E-state index contributed by atoms with van der Waals surface area (Å²) in [6.07, 6.45) is 4.50. The van der Waals surface area contributed by atoms with E-state index in [9.17, 15) is 9.59 Å². The van der Waals surface area contributed by atoms with Crippen LogP contribution in [0.3, 0.4) is 0 Å². The number of rotatable bonds is 2. The molecule has 2 saturated heterocycles. The van der Waals surface area contributed by atoms with Crippen molar-refractivity contribution in [2.45, 2.75) is 56.8 Å². The number of anilines is 2. The fraction of sp³-hybridized carbons (Fsp3) is 0.579. The second-order valence-electron chi connectivity index (χ2n) is 7.69. The molecule has 3 heterocycles. The first kappa shape index (κ1) is 16.4. The van der Waals surface area contributed by atoms with Crippen molar-refractivity contribution in [3.8, 4) is 0 Å². The summed E-state index contributed by atoms with van der Waals surface area (Å²) >= 11 is 0. The van der Waals surface area contributed by atoms with Crippen molar-refractivity contribution in [1.29, 1.82) is 0 Å². The first-order valence-corrected chi connectivity index (χ1v) is 9.15. The zero-order valence-corrected chi connectivity index (χ0v) is 15.1. The first-order valence-electron chi connectivity index (χ1n) is 9.15. The van der Waals surface area contributed by atoms with Gasteiger partial charge in [0.25, 0.3) is 5.91 Å². The van der Waals surface area contributed by atoms with Crippen LogP contribution >= 0.6 is 0 Å². The molecule has 3 aliphatic rings. The van der Waals surface area contributed by atoms with Gasteiger partial charge in [-0.25, -0.2) is 0 Å². The van der Waals surface area contributed by atoms with Crippen LogP contribution in [0.2, 0.25) is 0 Å². The van der Waals surface area contributed by atoms with Gasteiger partial charge in [-0.05, 0) is 50.8 Å². The van der Waals surface area contributed by atoms with Crippen LogP contribution in [-0.4, -0.2) is 55.0 Å². The Labute approximate surface area is 148 Å². The Morgan fingerprint density at radius 2 is 1.92 bits per heavy atom. The third-order valence-electron chi connectivity index (χ3n) is 6.16. The van der Waals surface area contributed by atoms with Gasteiger partial charge < -0.3 is 20.4 Å². The van der Waals surface area contributed by atoms with E-state index in [4.69, 9.17) is 0 Å². The lowest BCUT2D eigenvalue weighted by molar-refractivity contribution is -0.117. The zero-order chi connectivity index (χ0) is 17.7. The standard InChI is InChI=1S/C19H26N4O2/c1-11-18(24)21-16-8-12(4-7-17(16)22(11)2)19(25)23(3)15-9-13-5-6-14(10-15)20-13/h4,7-8,11,13-15,20H,5-6,9-10H2,1-3H3,(H,21,24). The molecule has 4 rings (SSSR count). The third-order valence-corrected chi connectivity index (χ3v) is 6.16. The van der Waals surface area contributed by atoms with E-state index < -0.39 is 0 Å². The molecule has 0 aliphatic carbocycles. The molecule has 3 atom stereocenters. The molecular weight excluding hydrogens is 316 g/mol. The van der Waals surface area contributed by atoms with Gasteiger partial charge in [0, 0.05) is 37.8 Å². The summed E-state index contributed by atoms with van der Waals surface area (Å²) in [6, 6.07) is 6.80. The summed E-state index contributed by atoms with van der Waals surface area (Å²) in [5.41, 5.74) is 2.30. The Balaban J connectivity index is 1.54. The van der Waals surface area contributed by atoms with E-state index in [2.05, 4.69) is 10.6 Å². The van der Waals surface area contributed by atoms with Crippen LogP contribution < -0.4 is 15.5 Å². The molecule has 25 heavy (non-hydrogen) atoms. The fourth-order valence-corrected chi connectivity index (χ4v) is 4.41. The number of hydrogen-bond acceptors (Lipinski definition) is 4. The highest BCUT2D eigenvalue weighted by molar-refractivity contribution is 6.05. The molecule has 6 nitrogen and oxygen atoms in total. The van der Waals surface area contributed by atoms with Crippen molar-refractivity contribution in [2.75, 3.05) is 24.3 Å². The number of hydrogen-bond donors (Lipinski definition) is 2. The van der Waals surface area contributed by atoms with Gasteiger partial charge in [-0.3, -0.25) is 9.59 Å². The number of nitrogens with one attached hydrogen (secondary N) is 2. The molecule has 2 fully saturated rings. The summed E-state index contributed by atoms with van der Waals surface area (Å²) < 4.78 is 0. The monoisotopic (exact) mass is 342 g/mol. The summed E-state index contributed by atoms with van der Waals surface area (Å²) in [7, 11) is 3.81. The fourth-order valence-electron chi connectivity index (χ4n) is 4.41. The lowest BCUT2D eigenvalue weighted by Crippen LogP contribution is -2.48. The molecule has 3 aliphatic heterocycles. The maximum absolute atomic E-state index is 13.0. The van der Waals surface area contributed by atoms with Crippen molar-refractivity contribution in [2.24, 2.45) is 0 Å². The number of nitrogens with zero attached hydrogens (tertiary/aromatic N) is 2. The highest BCUT2D eigenvalue weighted by Crippen LogP contribution is 2.33. The summed E-state index contributed by atoms with van der Waals surface area (Å²) in [5, 5.41) is 6.53. The average Bonchev–Trinajstić information content (AvgIpc) is 2.96. The number of benzene rings is 1. The predicted molar refractivity (Wildman–Crippen MR) is 98.0 cm³/mol. The zero-order valence-electron chi connectivity index (χ0n) is 15.1. The Bertz CT molecular complexity index is 707. The SMILES string of the molecule is CC1C(=O)Nc2cc(C(=O)N(C)C3CC4CCC(C3)N4)ccc2N1C. The molecule has 0 aromatic heterocycles. The number of amides is 2. The smallest absolute Gasteiger partial charge is 0.253 e.